The molecule has 0 radical (unpaired) electrons. The fourth-order valence-electron chi connectivity index (χ4n) is 3.04. The minimum atomic E-state index is -0.333. The van der Waals surface area contributed by atoms with Gasteiger partial charge in [-0.3, -0.25) is 9.59 Å². The molecule has 0 unspecified atom stereocenters. The number of pyridine rings is 1. The lowest BCUT2D eigenvalue weighted by Gasteiger charge is -2.09. The molecule has 6 heteroatoms. The Morgan fingerprint density at radius 1 is 1.10 bits per heavy atom. The predicted octanol–water partition coefficient (Wildman–Crippen LogP) is 3.68. The molecule has 0 aliphatic rings. The topological polar surface area (TPSA) is 71.2 Å². The summed E-state index contributed by atoms with van der Waals surface area (Å²) in [7, 11) is 0. The molecule has 3 rings (SSSR count). The number of carbonyl (C=O) groups excluding carboxylic acids is 1. The van der Waals surface area contributed by atoms with Crippen LogP contribution < -0.4 is 15.6 Å². The molecule has 3 aromatic rings. The molecule has 2 N–H and O–H groups in total. The first-order valence-corrected chi connectivity index (χ1v) is 9.37. The van der Waals surface area contributed by atoms with Gasteiger partial charge in [0.15, 0.2) is 0 Å². The van der Waals surface area contributed by atoms with Gasteiger partial charge in [0.2, 0.25) is 0 Å². The number of amides is 1. The van der Waals surface area contributed by atoms with E-state index < -0.39 is 0 Å². The monoisotopic (exact) mass is 394 g/mol. The van der Waals surface area contributed by atoms with Crippen molar-refractivity contribution in [2.45, 2.75) is 26.8 Å². The fourth-order valence-corrected chi connectivity index (χ4v) is 3.04. The van der Waals surface area contributed by atoms with Gasteiger partial charge in [-0.15, -0.1) is 0 Å². The molecule has 29 heavy (non-hydrogen) atoms. The van der Waals surface area contributed by atoms with Crippen molar-refractivity contribution < 1.29 is 13.9 Å². The summed E-state index contributed by atoms with van der Waals surface area (Å²) in [6, 6.07) is 15.1. The molecule has 0 fully saturated rings. The van der Waals surface area contributed by atoms with E-state index in [9.17, 15) is 14.0 Å². The second-order valence-electron chi connectivity index (χ2n) is 6.88. The molecule has 5 nitrogen and oxygen atoms in total. The Morgan fingerprint density at radius 2 is 1.86 bits per heavy atom. The van der Waals surface area contributed by atoms with Crippen LogP contribution >= 0.6 is 0 Å². The zero-order chi connectivity index (χ0) is 20.8. The van der Waals surface area contributed by atoms with Gasteiger partial charge in [-0.25, -0.2) is 4.39 Å². The highest BCUT2D eigenvalue weighted by Crippen LogP contribution is 2.13. The summed E-state index contributed by atoms with van der Waals surface area (Å²) in [4.78, 5) is 27.1. The first kappa shape index (κ1) is 20.3. The number of aromatic amines is 1. The lowest BCUT2D eigenvalue weighted by atomic mass is 10.1. The first-order valence-electron chi connectivity index (χ1n) is 9.37. The Kier molecular flexibility index (Phi) is 6.44. The Bertz CT molecular complexity index is 1060. The Hall–Kier alpha value is -3.41. The lowest BCUT2D eigenvalue weighted by molar-refractivity contribution is 0.0950. The number of hydrogen-bond acceptors (Lipinski definition) is 3. The van der Waals surface area contributed by atoms with Crippen molar-refractivity contribution in [3.05, 3.63) is 98.7 Å². The molecule has 2 aromatic carbocycles. The molecule has 150 valence electrons. The van der Waals surface area contributed by atoms with Crippen LogP contribution in [0.3, 0.4) is 0 Å². The highest BCUT2D eigenvalue weighted by atomic mass is 19.1. The number of hydrogen-bond donors (Lipinski definition) is 2. The quantitative estimate of drug-likeness (QED) is 0.642. The average Bonchev–Trinajstić information content (AvgIpc) is 2.67. The number of carbonyl (C=O) groups is 1. The molecule has 0 saturated heterocycles. The van der Waals surface area contributed by atoms with Gasteiger partial charge in [0.25, 0.3) is 11.5 Å². The van der Waals surface area contributed by atoms with Crippen molar-refractivity contribution in [3.8, 4) is 5.75 Å². The van der Waals surface area contributed by atoms with Crippen LogP contribution in [0, 0.1) is 19.7 Å². The van der Waals surface area contributed by atoms with Gasteiger partial charge in [-0.05, 0) is 55.3 Å². The van der Waals surface area contributed by atoms with Crippen molar-refractivity contribution in [1.29, 1.82) is 0 Å². The van der Waals surface area contributed by atoms with Gasteiger partial charge in [-0.1, -0.05) is 18.2 Å². The van der Waals surface area contributed by atoms with Gasteiger partial charge in [0.1, 0.15) is 11.6 Å². The van der Waals surface area contributed by atoms with Crippen LogP contribution in [0.4, 0.5) is 4.39 Å². The second kappa shape index (κ2) is 9.19. The molecule has 0 aliphatic carbocycles. The van der Waals surface area contributed by atoms with Crippen LogP contribution in [0.25, 0.3) is 0 Å². The molecule has 0 bridgehead atoms. The number of aromatic nitrogens is 1. The highest BCUT2D eigenvalue weighted by Gasteiger charge is 2.09. The van der Waals surface area contributed by atoms with Crippen molar-refractivity contribution >= 4 is 5.91 Å². The third-order valence-corrected chi connectivity index (χ3v) is 4.59. The van der Waals surface area contributed by atoms with Crippen LogP contribution in [-0.4, -0.2) is 17.5 Å². The minimum absolute atomic E-state index is 0.170. The van der Waals surface area contributed by atoms with Crippen molar-refractivity contribution in [1.82, 2.24) is 10.3 Å². The molecule has 1 amide bonds. The van der Waals surface area contributed by atoms with Gasteiger partial charge >= 0.3 is 0 Å². The van der Waals surface area contributed by atoms with Crippen LogP contribution in [-0.2, 0) is 13.0 Å². The van der Waals surface area contributed by atoms with Gasteiger partial charge in [0, 0.05) is 35.9 Å². The van der Waals surface area contributed by atoms with Gasteiger partial charge < -0.3 is 15.0 Å². The largest absolute Gasteiger partial charge is 0.493 e. The number of rotatable bonds is 7. The summed E-state index contributed by atoms with van der Waals surface area (Å²) in [5, 5.41) is 2.79. The van der Waals surface area contributed by atoms with E-state index in [0.717, 1.165) is 16.8 Å². The van der Waals surface area contributed by atoms with E-state index in [1.165, 1.54) is 12.1 Å². The summed E-state index contributed by atoms with van der Waals surface area (Å²) in [5.41, 5.74) is 3.52. The summed E-state index contributed by atoms with van der Waals surface area (Å²) >= 11 is 0. The molecule has 1 aromatic heterocycles. The smallest absolute Gasteiger partial charge is 0.253 e. The Balaban J connectivity index is 1.53. The SMILES string of the molecule is Cc1cc(C)c(CNC(=O)c2ccc(CCOc3cccc(F)c3)cc2)c(=O)[nH]1. The van der Waals surface area contributed by atoms with Crippen LogP contribution in [0.2, 0.25) is 0 Å². The van der Waals surface area contributed by atoms with Gasteiger partial charge in [-0.2, -0.15) is 0 Å². The number of nitrogens with one attached hydrogen (secondary N) is 2. The van der Waals surface area contributed by atoms with E-state index >= 15 is 0 Å². The number of benzene rings is 2. The zero-order valence-corrected chi connectivity index (χ0v) is 16.4. The van der Waals surface area contributed by atoms with E-state index in [2.05, 4.69) is 10.3 Å². The third kappa shape index (κ3) is 5.54. The summed E-state index contributed by atoms with van der Waals surface area (Å²) in [6.45, 7) is 4.25. The van der Waals surface area contributed by atoms with E-state index in [0.29, 0.717) is 29.9 Å². The molecule has 1 heterocycles. The normalized spacial score (nSPS) is 10.6. The van der Waals surface area contributed by atoms with Crippen LogP contribution in [0.15, 0.2) is 59.4 Å². The predicted molar refractivity (Wildman–Crippen MR) is 110 cm³/mol. The molecular formula is C23H23FN2O3. The third-order valence-electron chi connectivity index (χ3n) is 4.59. The Morgan fingerprint density at radius 3 is 2.55 bits per heavy atom. The van der Waals surface area contributed by atoms with Crippen LogP contribution in [0.5, 0.6) is 5.75 Å². The second-order valence-corrected chi connectivity index (χ2v) is 6.88. The number of aryl methyl sites for hydroxylation is 2. The van der Waals surface area contributed by atoms with Crippen molar-refractivity contribution in [2.24, 2.45) is 0 Å². The number of H-pyrrole nitrogens is 1. The molecule has 0 atom stereocenters. The number of ether oxygens (including phenoxy) is 1. The van der Waals surface area contributed by atoms with Gasteiger partial charge in [0.05, 0.1) is 6.61 Å². The van der Waals surface area contributed by atoms with Crippen molar-refractivity contribution in [2.75, 3.05) is 6.61 Å². The van der Waals surface area contributed by atoms with Crippen molar-refractivity contribution in [3.63, 3.8) is 0 Å². The summed E-state index contributed by atoms with van der Waals surface area (Å²) in [5.74, 6) is -0.0880. The fraction of sp³-hybridized carbons (Fsp3) is 0.217. The van der Waals surface area contributed by atoms with E-state index in [-0.39, 0.29) is 23.8 Å². The summed E-state index contributed by atoms with van der Waals surface area (Å²) in [6.07, 6.45) is 0.635. The maximum absolute atomic E-state index is 13.1. The Labute approximate surface area is 168 Å². The lowest BCUT2D eigenvalue weighted by Crippen LogP contribution is -2.27. The maximum Gasteiger partial charge on any atom is 0.253 e. The van der Waals surface area contributed by atoms with Crippen LogP contribution in [0.1, 0.15) is 32.7 Å². The molecule has 0 saturated carbocycles. The first-order chi connectivity index (χ1) is 13.9. The number of halogens is 1. The minimum Gasteiger partial charge on any atom is -0.493 e. The summed E-state index contributed by atoms with van der Waals surface area (Å²) < 4.78 is 18.7. The zero-order valence-electron chi connectivity index (χ0n) is 16.4. The van der Waals surface area contributed by atoms with E-state index in [4.69, 9.17) is 4.74 Å². The standard InChI is InChI=1S/C23H23FN2O3/c1-15-12-16(2)26-23(28)21(15)14-25-22(27)18-8-6-17(7-9-18)10-11-29-20-5-3-4-19(24)13-20/h3-9,12-13H,10-11,14H2,1-2H3,(H,25,27)(H,26,28). The molecule has 0 spiro atoms. The van der Waals surface area contributed by atoms with E-state index in [1.807, 2.05) is 32.0 Å². The highest BCUT2D eigenvalue weighted by molar-refractivity contribution is 5.94. The van der Waals surface area contributed by atoms with E-state index in [1.54, 1.807) is 24.3 Å². The molecular weight excluding hydrogens is 371 g/mol. The average molecular weight is 394 g/mol. The molecule has 0 aliphatic heterocycles. The maximum atomic E-state index is 13.1.